The van der Waals surface area contributed by atoms with Gasteiger partial charge in [0.1, 0.15) is 5.75 Å². The summed E-state index contributed by atoms with van der Waals surface area (Å²) >= 11 is 0. The molecule has 8 heteroatoms. The summed E-state index contributed by atoms with van der Waals surface area (Å²) in [6.45, 7) is 4.35. The Morgan fingerprint density at radius 2 is 1.68 bits per heavy atom. The fourth-order valence-electron chi connectivity index (χ4n) is 3.51. The van der Waals surface area contributed by atoms with Crippen LogP contribution >= 0.6 is 24.0 Å². The minimum absolute atomic E-state index is 0. The lowest BCUT2D eigenvalue weighted by molar-refractivity contribution is -0.120. The maximum atomic E-state index is 12.2. The van der Waals surface area contributed by atoms with Crippen LogP contribution in [0, 0.1) is 0 Å². The molecule has 1 saturated heterocycles. The van der Waals surface area contributed by atoms with E-state index < -0.39 is 0 Å². The van der Waals surface area contributed by atoms with Crippen LogP contribution in [0.25, 0.3) is 0 Å². The van der Waals surface area contributed by atoms with E-state index in [0.717, 1.165) is 44.3 Å². The summed E-state index contributed by atoms with van der Waals surface area (Å²) < 4.78 is 5.23. The molecule has 1 fully saturated rings. The highest BCUT2D eigenvalue weighted by atomic mass is 127. The summed E-state index contributed by atoms with van der Waals surface area (Å²) in [6.07, 6.45) is 0.828. The molecule has 31 heavy (non-hydrogen) atoms. The van der Waals surface area contributed by atoms with Crippen molar-refractivity contribution < 1.29 is 9.53 Å². The smallest absolute Gasteiger partial charge is 0.239 e. The van der Waals surface area contributed by atoms with Crippen LogP contribution in [0.2, 0.25) is 0 Å². The minimum Gasteiger partial charge on any atom is -0.497 e. The SMILES string of the molecule is CN=C(NCC(=O)NCCc1ccccc1)N1CCN(c2ccc(OC)cc2)CC1.I. The molecule has 1 aliphatic heterocycles. The molecule has 2 aromatic carbocycles. The van der Waals surface area contributed by atoms with Crippen LogP contribution in [-0.4, -0.2) is 70.2 Å². The molecule has 2 aromatic rings. The molecule has 0 radical (unpaired) electrons. The van der Waals surface area contributed by atoms with Crippen LogP contribution in [-0.2, 0) is 11.2 Å². The molecular formula is C23H32IN5O2. The highest BCUT2D eigenvalue weighted by molar-refractivity contribution is 14.0. The summed E-state index contributed by atoms with van der Waals surface area (Å²) in [5.74, 6) is 1.61. The molecule has 0 atom stereocenters. The zero-order valence-electron chi connectivity index (χ0n) is 18.2. The molecule has 3 rings (SSSR count). The average molecular weight is 537 g/mol. The van der Waals surface area contributed by atoms with Gasteiger partial charge in [-0.1, -0.05) is 30.3 Å². The third kappa shape index (κ3) is 7.61. The van der Waals surface area contributed by atoms with E-state index in [0.29, 0.717) is 6.54 Å². The predicted molar refractivity (Wildman–Crippen MR) is 137 cm³/mol. The Hall–Kier alpha value is -2.49. The van der Waals surface area contributed by atoms with E-state index in [1.807, 2.05) is 30.3 Å². The number of hydrogen-bond acceptors (Lipinski definition) is 4. The van der Waals surface area contributed by atoms with Crippen molar-refractivity contribution in [2.24, 2.45) is 4.99 Å². The second kappa shape index (κ2) is 13.0. The summed E-state index contributed by atoms with van der Waals surface area (Å²) in [5.41, 5.74) is 2.41. The van der Waals surface area contributed by atoms with Crippen molar-refractivity contribution in [2.75, 3.05) is 58.3 Å². The van der Waals surface area contributed by atoms with Crippen molar-refractivity contribution in [2.45, 2.75) is 6.42 Å². The maximum Gasteiger partial charge on any atom is 0.239 e. The zero-order chi connectivity index (χ0) is 21.2. The Morgan fingerprint density at radius 3 is 2.29 bits per heavy atom. The summed E-state index contributed by atoms with van der Waals surface area (Å²) in [4.78, 5) is 21.0. The lowest BCUT2D eigenvalue weighted by Gasteiger charge is -2.37. The molecule has 0 unspecified atom stereocenters. The molecule has 1 aliphatic rings. The van der Waals surface area contributed by atoms with Gasteiger partial charge in [-0.2, -0.15) is 0 Å². The van der Waals surface area contributed by atoms with Crippen LogP contribution in [0.5, 0.6) is 5.75 Å². The Balaban J connectivity index is 0.00000341. The van der Waals surface area contributed by atoms with Crippen LogP contribution in [0.15, 0.2) is 59.6 Å². The summed E-state index contributed by atoms with van der Waals surface area (Å²) in [6, 6.07) is 18.3. The van der Waals surface area contributed by atoms with Gasteiger partial charge in [0.15, 0.2) is 5.96 Å². The van der Waals surface area contributed by atoms with Gasteiger partial charge in [0.05, 0.1) is 13.7 Å². The summed E-state index contributed by atoms with van der Waals surface area (Å²) in [5, 5.41) is 6.14. The van der Waals surface area contributed by atoms with Crippen molar-refractivity contribution in [3.05, 3.63) is 60.2 Å². The van der Waals surface area contributed by atoms with Gasteiger partial charge in [-0.05, 0) is 36.2 Å². The number of hydrogen-bond donors (Lipinski definition) is 2. The van der Waals surface area contributed by atoms with Crippen LogP contribution < -0.4 is 20.3 Å². The van der Waals surface area contributed by atoms with E-state index in [1.54, 1.807) is 14.2 Å². The van der Waals surface area contributed by atoms with E-state index in [2.05, 4.69) is 49.7 Å². The Morgan fingerprint density at radius 1 is 1.00 bits per heavy atom. The number of piperazine rings is 1. The molecule has 1 amide bonds. The number of carbonyl (C=O) groups is 1. The number of nitrogens with one attached hydrogen (secondary N) is 2. The largest absolute Gasteiger partial charge is 0.497 e. The molecule has 168 valence electrons. The van der Waals surface area contributed by atoms with Crippen LogP contribution in [0.1, 0.15) is 5.56 Å². The van der Waals surface area contributed by atoms with E-state index in [9.17, 15) is 4.79 Å². The molecule has 7 nitrogen and oxygen atoms in total. The number of methoxy groups -OCH3 is 1. The van der Waals surface area contributed by atoms with Crippen molar-refractivity contribution in [3.8, 4) is 5.75 Å². The first kappa shape index (κ1) is 24.8. The molecule has 0 bridgehead atoms. The molecule has 0 saturated carbocycles. The molecule has 0 aliphatic carbocycles. The third-order valence-electron chi connectivity index (χ3n) is 5.21. The number of guanidine groups is 1. The monoisotopic (exact) mass is 537 g/mol. The van der Waals surface area contributed by atoms with E-state index >= 15 is 0 Å². The Bertz CT molecular complexity index is 822. The van der Waals surface area contributed by atoms with Gasteiger partial charge in [-0.15, -0.1) is 24.0 Å². The third-order valence-corrected chi connectivity index (χ3v) is 5.21. The van der Waals surface area contributed by atoms with Gasteiger partial charge in [-0.3, -0.25) is 9.79 Å². The normalized spacial score (nSPS) is 13.9. The Labute approximate surface area is 201 Å². The topological polar surface area (TPSA) is 69.2 Å². The molecule has 1 heterocycles. The van der Waals surface area contributed by atoms with Gasteiger partial charge >= 0.3 is 0 Å². The van der Waals surface area contributed by atoms with E-state index in [4.69, 9.17) is 4.74 Å². The van der Waals surface area contributed by atoms with Crippen molar-refractivity contribution in [1.29, 1.82) is 0 Å². The van der Waals surface area contributed by atoms with Gasteiger partial charge in [0, 0.05) is 45.5 Å². The highest BCUT2D eigenvalue weighted by Crippen LogP contribution is 2.20. The fourth-order valence-corrected chi connectivity index (χ4v) is 3.51. The van der Waals surface area contributed by atoms with Crippen molar-refractivity contribution in [1.82, 2.24) is 15.5 Å². The van der Waals surface area contributed by atoms with Crippen LogP contribution in [0.4, 0.5) is 5.69 Å². The van der Waals surface area contributed by atoms with E-state index in [-0.39, 0.29) is 36.4 Å². The second-order valence-electron chi connectivity index (χ2n) is 7.16. The average Bonchev–Trinajstić information content (AvgIpc) is 2.81. The molecule has 2 N–H and O–H groups in total. The first-order chi connectivity index (χ1) is 14.7. The number of benzene rings is 2. The number of ether oxygens (including phenoxy) is 1. The number of nitrogens with zero attached hydrogens (tertiary/aromatic N) is 3. The van der Waals surface area contributed by atoms with Gasteiger partial charge in [0.2, 0.25) is 5.91 Å². The van der Waals surface area contributed by atoms with E-state index in [1.165, 1.54) is 11.3 Å². The van der Waals surface area contributed by atoms with Gasteiger partial charge < -0.3 is 25.2 Å². The lowest BCUT2D eigenvalue weighted by atomic mass is 10.1. The quantitative estimate of drug-likeness (QED) is 0.323. The van der Waals surface area contributed by atoms with Crippen molar-refractivity contribution >= 4 is 41.5 Å². The fraction of sp³-hybridized carbons (Fsp3) is 0.391. The van der Waals surface area contributed by atoms with Gasteiger partial charge in [0.25, 0.3) is 0 Å². The first-order valence-corrected chi connectivity index (χ1v) is 10.3. The minimum atomic E-state index is -0.0241. The number of anilines is 1. The number of amides is 1. The zero-order valence-corrected chi connectivity index (χ0v) is 20.5. The first-order valence-electron chi connectivity index (χ1n) is 10.3. The van der Waals surface area contributed by atoms with Gasteiger partial charge in [-0.25, -0.2) is 0 Å². The molecule has 0 spiro atoms. The van der Waals surface area contributed by atoms with Crippen molar-refractivity contribution in [3.63, 3.8) is 0 Å². The number of aliphatic imine (C=N–C) groups is 1. The predicted octanol–water partition coefficient (Wildman–Crippen LogP) is 2.37. The lowest BCUT2D eigenvalue weighted by Crippen LogP contribution is -2.53. The number of carbonyl (C=O) groups excluding carboxylic acids is 1. The standard InChI is InChI=1S/C23H31N5O2.HI/c1-24-23(26-18-22(29)25-13-12-19-6-4-3-5-7-19)28-16-14-27(15-17-28)20-8-10-21(30-2)11-9-20;/h3-11H,12-18H2,1-2H3,(H,24,26)(H,25,29);1H. The molecule has 0 aromatic heterocycles. The molecular weight excluding hydrogens is 505 g/mol. The summed E-state index contributed by atoms with van der Waals surface area (Å²) in [7, 11) is 3.43. The maximum absolute atomic E-state index is 12.2. The highest BCUT2D eigenvalue weighted by Gasteiger charge is 2.20. The second-order valence-corrected chi connectivity index (χ2v) is 7.16. The Kier molecular flexibility index (Phi) is 10.4. The van der Waals surface area contributed by atoms with Crippen LogP contribution in [0.3, 0.4) is 0 Å². The number of rotatable bonds is 7. The number of halogens is 1.